The van der Waals surface area contributed by atoms with Crippen LogP contribution in [0.1, 0.15) is 26.3 Å². The highest BCUT2D eigenvalue weighted by molar-refractivity contribution is 5.31. The fourth-order valence-electron chi connectivity index (χ4n) is 1.73. The standard InChI is InChI=1S/C14H21FO2/c1-9(2)10(3)12(16)8-11-6-5-7-13(17-4)14(11)15/h5-7,9-10,12,16H,8H2,1-4H3. The van der Waals surface area contributed by atoms with Crippen LogP contribution in [-0.4, -0.2) is 18.3 Å². The number of rotatable bonds is 5. The molecule has 0 heterocycles. The summed E-state index contributed by atoms with van der Waals surface area (Å²) in [5.41, 5.74) is 0.504. The number of hydrogen-bond donors (Lipinski definition) is 1. The van der Waals surface area contributed by atoms with Gasteiger partial charge in [-0.25, -0.2) is 4.39 Å². The van der Waals surface area contributed by atoms with Crippen molar-refractivity contribution in [2.24, 2.45) is 11.8 Å². The van der Waals surface area contributed by atoms with Gasteiger partial charge >= 0.3 is 0 Å². The number of methoxy groups -OCH3 is 1. The molecule has 1 aromatic carbocycles. The van der Waals surface area contributed by atoms with E-state index in [1.165, 1.54) is 7.11 Å². The zero-order valence-electron chi connectivity index (χ0n) is 10.9. The van der Waals surface area contributed by atoms with E-state index in [9.17, 15) is 9.50 Å². The molecule has 0 aliphatic rings. The van der Waals surface area contributed by atoms with Gasteiger partial charge in [0.05, 0.1) is 13.2 Å². The molecule has 2 nitrogen and oxygen atoms in total. The third-order valence-corrected chi connectivity index (χ3v) is 3.35. The van der Waals surface area contributed by atoms with Crippen LogP contribution in [-0.2, 0) is 6.42 Å². The molecule has 0 amide bonds. The second-order valence-electron chi connectivity index (χ2n) is 4.81. The Morgan fingerprint density at radius 3 is 2.47 bits per heavy atom. The van der Waals surface area contributed by atoms with Crippen LogP contribution in [0.2, 0.25) is 0 Å². The maximum atomic E-state index is 13.9. The minimum atomic E-state index is -0.531. The van der Waals surface area contributed by atoms with Gasteiger partial charge in [0.2, 0.25) is 0 Å². The Kier molecular flexibility index (Phi) is 4.94. The number of ether oxygens (including phenoxy) is 1. The van der Waals surface area contributed by atoms with Crippen molar-refractivity contribution in [1.82, 2.24) is 0 Å². The van der Waals surface area contributed by atoms with Crippen LogP contribution >= 0.6 is 0 Å². The summed E-state index contributed by atoms with van der Waals surface area (Å²) in [6, 6.07) is 5.01. The topological polar surface area (TPSA) is 29.5 Å². The summed E-state index contributed by atoms with van der Waals surface area (Å²) >= 11 is 0. The maximum Gasteiger partial charge on any atom is 0.168 e. The van der Waals surface area contributed by atoms with Gasteiger partial charge in [0, 0.05) is 6.42 Å². The summed E-state index contributed by atoms with van der Waals surface area (Å²) in [5, 5.41) is 10.0. The molecule has 0 aliphatic heterocycles. The van der Waals surface area contributed by atoms with E-state index in [-0.39, 0.29) is 17.5 Å². The average Bonchev–Trinajstić information content (AvgIpc) is 2.30. The Morgan fingerprint density at radius 1 is 1.29 bits per heavy atom. The first-order chi connectivity index (χ1) is 7.97. The van der Waals surface area contributed by atoms with E-state index in [0.717, 1.165) is 0 Å². The normalized spacial score (nSPS) is 14.8. The van der Waals surface area contributed by atoms with Gasteiger partial charge in [0.15, 0.2) is 11.6 Å². The van der Waals surface area contributed by atoms with E-state index < -0.39 is 6.10 Å². The quantitative estimate of drug-likeness (QED) is 0.857. The first-order valence-corrected chi connectivity index (χ1v) is 5.96. The molecule has 0 radical (unpaired) electrons. The van der Waals surface area contributed by atoms with E-state index in [4.69, 9.17) is 4.74 Å². The lowest BCUT2D eigenvalue weighted by molar-refractivity contribution is 0.0912. The molecule has 2 unspecified atom stereocenters. The van der Waals surface area contributed by atoms with Crippen LogP contribution in [0.3, 0.4) is 0 Å². The highest BCUT2D eigenvalue weighted by Gasteiger charge is 2.20. The van der Waals surface area contributed by atoms with Gasteiger partial charge in [0.1, 0.15) is 0 Å². The second kappa shape index (κ2) is 6.01. The number of halogens is 1. The van der Waals surface area contributed by atoms with Crippen molar-refractivity contribution < 1.29 is 14.2 Å². The fourth-order valence-corrected chi connectivity index (χ4v) is 1.73. The van der Waals surface area contributed by atoms with Gasteiger partial charge in [-0.05, 0) is 23.5 Å². The molecule has 1 aromatic rings. The minimum Gasteiger partial charge on any atom is -0.494 e. The molecule has 0 aliphatic carbocycles. The second-order valence-corrected chi connectivity index (χ2v) is 4.81. The maximum absolute atomic E-state index is 13.9. The van der Waals surface area contributed by atoms with Gasteiger partial charge in [-0.3, -0.25) is 0 Å². The molecule has 1 N–H and O–H groups in total. The van der Waals surface area contributed by atoms with Crippen molar-refractivity contribution in [2.45, 2.75) is 33.3 Å². The zero-order valence-corrected chi connectivity index (χ0v) is 10.9. The fraction of sp³-hybridized carbons (Fsp3) is 0.571. The molecule has 0 saturated heterocycles. The number of aliphatic hydroxyl groups is 1. The van der Waals surface area contributed by atoms with Crippen LogP contribution in [0.25, 0.3) is 0 Å². The molecule has 0 fully saturated rings. The van der Waals surface area contributed by atoms with Crippen molar-refractivity contribution in [1.29, 1.82) is 0 Å². The molecule has 3 heteroatoms. The lowest BCUT2D eigenvalue weighted by Crippen LogP contribution is -2.25. The summed E-state index contributed by atoms with van der Waals surface area (Å²) in [4.78, 5) is 0. The molecule has 2 atom stereocenters. The van der Waals surface area contributed by atoms with Gasteiger partial charge in [0.25, 0.3) is 0 Å². The number of hydrogen-bond acceptors (Lipinski definition) is 2. The Hall–Kier alpha value is -1.09. The third kappa shape index (κ3) is 3.43. The van der Waals surface area contributed by atoms with Crippen LogP contribution < -0.4 is 4.74 Å². The lowest BCUT2D eigenvalue weighted by Gasteiger charge is -2.22. The SMILES string of the molecule is COc1cccc(CC(O)C(C)C(C)C)c1F. The molecule has 0 aromatic heterocycles. The first kappa shape index (κ1) is 14.0. The molecule has 96 valence electrons. The van der Waals surface area contributed by atoms with E-state index in [2.05, 4.69) is 13.8 Å². The Bertz CT molecular complexity index is 363. The summed E-state index contributed by atoms with van der Waals surface area (Å²) in [5.74, 6) is 0.371. The number of aliphatic hydroxyl groups excluding tert-OH is 1. The van der Waals surface area contributed by atoms with Crippen molar-refractivity contribution in [3.05, 3.63) is 29.6 Å². The third-order valence-electron chi connectivity index (χ3n) is 3.35. The first-order valence-electron chi connectivity index (χ1n) is 5.96. The average molecular weight is 240 g/mol. The predicted molar refractivity (Wildman–Crippen MR) is 66.7 cm³/mol. The van der Waals surface area contributed by atoms with Gasteiger partial charge in [-0.1, -0.05) is 32.9 Å². The summed E-state index contributed by atoms with van der Waals surface area (Å²) in [6.45, 7) is 6.08. The molecule has 17 heavy (non-hydrogen) atoms. The largest absolute Gasteiger partial charge is 0.494 e. The van der Waals surface area contributed by atoms with Gasteiger partial charge in [-0.15, -0.1) is 0 Å². The van der Waals surface area contributed by atoms with E-state index >= 15 is 0 Å². The summed E-state index contributed by atoms with van der Waals surface area (Å²) in [7, 11) is 1.44. The molecule has 1 rings (SSSR count). The smallest absolute Gasteiger partial charge is 0.168 e. The lowest BCUT2D eigenvalue weighted by atomic mass is 9.88. The number of benzene rings is 1. The highest BCUT2D eigenvalue weighted by atomic mass is 19.1. The molecule has 0 bridgehead atoms. The Morgan fingerprint density at radius 2 is 1.94 bits per heavy atom. The highest BCUT2D eigenvalue weighted by Crippen LogP contribution is 2.24. The van der Waals surface area contributed by atoms with Crippen molar-refractivity contribution in [3.8, 4) is 5.75 Å². The Labute approximate surface area is 102 Å². The van der Waals surface area contributed by atoms with Crippen LogP contribution in [0.4, 0.5) is 4.39 Å². The van der Waals surface area contributed by atoms with Crippen molar-refractivity contribution >= 4 is 0 Å². The van der Waals surface area contributed by atoms with Gasteiger partial charge < -0.3 is 9.84 Å². The van der Waals surface area contributed by atoms with Crippen LogP contribution in [0.5, 0.6) is 5.75 Å². The molecular weight excluding hydrogens is 219 g/mol. The summed E-state index contributed by atoms with van der Waals surface area (Å²) < 4.78 is 18.8. The van der Waals surface area contributed by atoms with Crippen LogP contribution in [0.15, 0.2) is 18.2 Å². The monoisotopic (exact) mass is 240 g/mol. The van der Waals surface area contributed by atoms with Gasteiger partial charge in [-0.2, -0.15) is 0 Å². The summed E-state index contributed by atoms with van der Waals surface area (Å²) in [6.07, 6.45) is -0.209. The van der Waals surface area contributed by atoms with Crippen molar-refractivity contribution in [2.75, 3.05) is 7.11 Å². The zero-order chi connectivity index (χ0) is 13.0. The van der Waals surface area contributed by atoms with E-state index in [1.54, 1.807) is 18.2 Å². The molecule has 0 saturated carbocycles. The Balaban J connectivity index is 2.81. The van der Waals surface area contributed by atoms with Crippen LogP contribution in [0, 0.1) is 17.7 Å². The van der Waals surface area contributed by atoms with E-state index in [0.29, 0.717) is 17.9 Å². The molecule has 0 spiro atoms. The minimum absolute atomic E-state index is 0.139. The van der Waals surface area contributed by atoms with Crippen molar-refractivity contribution in [3.63, 3.8) is 0 Å². The van der Waals surface area contributed by atoms with E-state index in [1.807, 2.05) is 6.92 Å². The predicted octanol–water partition coefficient (Wildman–Crippen LogP) is 3.03. The molecular formula is C14H21FO2.